The third kappa shape index (κ3) is 7.00. The van der Waals surface area contributed by atoms with Gasteiger partial charge in [0.15, 0.2) is 18.1 Å². The summed E-state index contributed by atoms with van der Waals surface area (Å²) in [4.78, 5) is 38.8. The van der Waals surface area contributed by atoms with Crippen LogP contribution in [0.5, 0.6) is 11.5 Å². The Morgan fingerprint density at radius 2 is 1.86 bits per heavy atom. The maximum atomic E-state index is 12.5. The van der Waals surface area contributed by atoms with Gasteiger partial charge in [-0.2, -0.15) is 5.10 Å². The molecule has 37 heavy (non-hydrogen) atoms. The van der Waals surface area contributed by atoms with Crippen molar-refractivity contribution < 1.29 is 28.6 Å². The number of hydrogen-bond donors (Lipinski definition) is 3. The highest BCUT2D eigenvalue weighted by Gasteiger charge is 2.32. The molecule has 196 valence electrons. The Hall–Kier alpha value is -4.54. The normalized spacial score (nSPS) is 15.1. The van der Waals surface area contributed by atoms with Gasteiger partial charge in [0.05, 0.1) is 31.5 Å². The minimum absolute atomic E-state index is 0.196. The first kappa shape index (κ1) is 27.1. The smallest absolute Gasteiger partial charge is 0.338 e. The standard InChI is InChI=1S/C26H31N5O6/c1-6-36-25(33)23-16(2)28-26(34)29-24(23)18-9-12-20(21(13-18)35-5)37-15-22(32)30-27-14-17-7-10-19(11-8-17)31(3)4/h7-14,24H,6,15H2,1-5H3,(H,30,32)(H2,28,29,34)/b27-14-/t24-/m0/s1. The zero-order chi connectivity index (χ0) is 26.9. The highest BCUT2D eigenvalue weighted by molar-refractivity contribution is 5.95. The van der Waals surface area contributed by atoms with E-state index >= 15 is 0 Å². The number of methoxy groups -OCH3 is 1. The maximum Gasteiger partial charge on any atom is 0.338 e. The molecule has 1 atom stereocenters. The van der Waals surface area contributed by atoms with Gasteiger partial charge in [-0.15, -0.1) is 0 Å². The zero-order valence-corrected chi connectivity index (χ0v) is 21.5. The van der Waals surface area contributed by atoms with Crippen LogP contribution in [-0.2, 0) is 14.3 Å². The Kier molecular flexibility index (Phi) is 9.09. The molecular weight excluding hydrogens is 478 g/mol. The number of esters is 1. The van der Waals surface area contributed by atoms with Gasteiger partial charge in [0.1, 0.15) is 0 Å². The predicted molar refractivity (Wildman–Crippen MR) is 139 cm³/mol. The number of ether oxygens (including phenoxy) is 3. The fraction of sp³-hybridized carbons (Fsp3) is 0.308. The second-order valence-corrected chi connectivity index (χ2v) is 8.27. The first-order valence-corrected chi connectivity index (χ1v) is 11.6. The lowest BCUT2D eigenvalue weighted by molar-refractivity contribution is -0.139. The van der Waals surface area contributed by atoms with Crippen LogP contribution in [0.2, 0.25) is 0 Å². The summed E-state index contributed by atoms with van der Waals surface area (Å²) in [5.74, 6) is -0.365. The second kappa shape index (κ2) is 12.4. The molecule has 1 aliphatic heterocycles. The Morgan fingerprint density at radius 1 is 1.14 bits per heavy atom. The average molecular weight is 510 g/mol. The van der Waals surface area contributed by atoms with Crippen molar-refractivity contribution in [1.29, 1.82) is 0 Å². The molecule has 0 aliphatic carbocycles. The van der Waals surface area contributed by atoms with Crippen LogP contribution in [-0.4, -0.2) is 58.5 Å². The van der Waals surface area contributed by atoms with E-state index in [0.717, 1.165) is 11.3 Å². The van der Waals surface area contributed by atoms with E-state index < -0.39 is 23.9 Å². The molecule has 1 aliphatic rings. The summed E-state index contributed by atoms with van der Waals surface area (Å²) in [5, 5.41) is 9.28. The van der Waals surface area contributed by atoms with Crippen molar-refractivity contribution in [1.82, 2.24) is 16.1 Å². The molecule has 0 saturated heterocycles. The van der Waals surface area contributed by atoms with E-state index in [1.54, 1.807) is 32.0 Å². The number of rotatable bonds is 10. The number of nitrogens with zero attached hydrogens (tertiary/aromatic N) is 2. The molecule has 0 saturated carbocycles. The molecule has 2 aromatic carbocycles. The van der Waals surface area contributed by atoms with Crippen LogP contribution < -0.4 is 30.4 Å². The number of carbonyl (C=O) groups excluding carboxylic acids is 3. The van der Waals surface area contributed by atoms with Crippen LogP contribution in [0.15, 0.2) is 58.8 Å². The van der Waals surface area contributed by atoms with E-state index in [1.807, 2.05) is 43.3 Å². The van der Waals surface area contributed by atoms with Gasteiger partial charge in [0, 0.05) is 25.5 Å². The monoisotopic (exact) mass is 509 g/mol. The van der Waals surface area contributed by atoms with Crippen LogP contribution in [0, 0.1) is 0 Å². The lowest BCUT2D eigenvalue weighted by Gasteiger charge is -2.28. The van der Waals surface area contributed by atoms with Gasteiger partial charge >= 0.3 is 12.0 Å². The molecule has 3 amide bonds. The van der Waals surface area contributed by atoms with E-state index in [2.05, 4.69) is 21.2 Å². The SMILES string of the molecule is CCOC(=O)C1=C(C)NC(=O)N[C@H]1c1ccc(OCC(=O)N/N=C\c2ccc(N(C)C)cc2)c(OC)c1. The van der Waals surface area contributed by atoms with Crippen molar-refractivity contribution in [3.8, 4) is 11.5 Å². The second-order valence-electron chi connectivity index (χ2n) is 8.27. The molecular formula is C26H31N5O6. The Labute approximate surface area is 215 Å². The molecule has 3 rings (SSSR count). The minimum Gasteiger partial charge on any atom is -0.493 e. The largest absolute Gasteiger partial charge is 0.493 e. The molecule has 1 heterocycles. The van der Waals surface area contributed by atoms with Crippen LogP contribution in [0.4, 0.5) is 10.5 Å². The van der Waals surface area contributed by atoms with Gasteiger partial charge in [0.2, 0.25) is 0 Å². The number of amides is 3. The molecule has 0 unspecified atom stereocenters. The number of anilines is 1. The average Bonchev–Trinajstić information content (AvgIpc) is 2.87. The van der Waals surface area contributed by atoms with Gasteiger partial charge in [0.25, 0.3) is 5.91 Å². The van der Waals surface area contributed by atoms with Crippen LogP contribution >= 0.6 is 0 Å². The Bertz CT molecular complexity index is 1210. The van der Waals surface area contributed by atoms with Crippen molar-refractivity contribution in [3.63, 3.8) is 0 Å². The lowest BCUT2D eigenvalue weighted by atomic mass is 9.95. The van der Waals surface area contributed by atoms with Crippen LogP contribution in [0.25, 0.3) is 0 Å². The first-order chi connectivity index (χ1) is 17.7. The molecule has 2 aromatic rings. The van der Waals surface area contributed by atoms with Gasteiger partial charge < -0.3 is 29.7 Å². The van der Waals surface area contributed by atoms with Gasteiger partial charge in [-0.05, 0) is 49.2 Å². The molecule has 0 spiro atoms. The van der Waals surface area contributed by atoms with Crippen LogP contribution in [0.1, 0.15) is 31.0 Å². The summed E-state index contributed by atoms with van der Waals surface area (Å²) in [7, 11) is 5.36. The zero-order valence-electron chi connectivity index (χ0n) is 21.5. The number of urea groups is 1. The van der Waals surface area contributed by atoms with Crippen molar-refractivity contribution in [3.05, 3.63) is 64.9 Å². The van der Waals surface area contributed by atoms with E-state index in [1.165, 1.54) is 13.3 Å². The van der Waals surface area contributed by atoms with E-state index in [0.29, 0.717) is 22.8 Å². The summed E-state index contributed by atoms with van der Waals surface area (Å²) < 4.78 is 16.2. The number of benzene rings is 2. The van der Waals surface area contributed by atoms with E-state index in [9.17, 15) is 14.4 Å². The molecule has 0 fully saturated rings. The quantitative estimate of drug-likeness (QED) is 0.255. The third-order valence-electron chi connectivity index (χ3n) is 5.46. The molecule has 11 nitrogen and oxygen atoms in total. The number of hydrogen-bond acceptors (Lipinski definition) is 8. The number of hydrazone groups is 1. The number of carbonyl (C=O) groups is 3. The van der Waals surface area contributed by atoms with Gasteiger partial charge in [-0.25, -0.2) is 15.0 Å². The highest BCUT2D eigenvalue weighted by Crippen LogP contribution is 2.34. The fourth-order valence-corrected chi connectivity index (χ4v) is 3.62. The van der Waals surface area contributed by atoms with E-state index in [-0.39, 0.29) is 18.8 Å². The van der Waals surface area contributed by atoms with Crippen molar-refractivity contribution in [2.45, 2.75) is 19.9 Å². The molecule has 3 N–H and O–H groups in total. The minimum atomic E-state index is -0.750. The third-order valence-corrected chi connectivity index (χ3v) is 5.46. The number of nitrogens with one attached hydrogen (secondary N) is 3. The highest BCUT2D eigenvalue weighted by atomic mass is 16.5. The summed E-state index contributed by atoms with van der Waals surface area (Å²) in [6, 6.07) is 11.4. The summed E-state index contributed by atoms with van der Waals surface area (Å²) in [5.41, 5.74) is 5.57. The molecule has 0 radical (unpaired) electrons. The topological polar surface area (TPSA) is 131 Å². The molecule has 11 heteroatoms. The van der Waals surface area contributed by atoms with Gasteiger partial charge in [-0.3, -0.25) is 4.79 Å². The van der Waals surface area contributed by atoms with Crippen LogP contribution in [0.3, 0.4) is 0 Å². The predicted octanol–water partition coefficient (Wildman–Crippen LogP) is 2.48. The fourth-order valence-electron chi connectivity index (χ4n) is 3.62. The maximum absolute atomic E-state index is 12.5. The number of allylic oxidation sites excluding steroid dienone is 1. The Morgan fingerprint density at radius 3 is 2.51 bits per heavy atom. The van der Waals surface area contributed by atoms with Gasteiger partial charge in [-0.1, -0.05) is 18.2 Å². The summed E-state index contributed by atoms with van der Waals surface area (Å²) in [6.07, 6.45) is 1.54. The van der Waals surface area contributed by atoms with E-state index in [4.69, 9.17) is 14.2 Å². The molecule has 0 bridgehead atoms. The van der Waals surface area contributed by atoms with Crippen molar-refractivity contribution in [2.75, 3.05) is 39.3 Å². The first-order valence-electron chi connectivity index (χ1n) is 11.6. The lowest BCUT2D eigenvalue weighted by Crippen LogP contribution is -2.45. The van der Waals surface area contributed by atoms with Crippen molar-refractivity contribution >= 4 is 29.8 Å². The van der Waals surface area contributed by atoms with Crippen molar-refractivity contribution in [2.24, 2.45) is 5.10 Å². The molecule has 0 aromatic heterocycles. The summed E-state index contributed by atoms with van der Waals surface area (Å²) >= 11 is 0. The summed E-state index contributed by atoms with van der Waals surface area (Å²) in [6.45, 7) is 3.23. The Balaban J connectivity index is 1.66.